The second kappa shape index (κ2) is 12.0. The molecular formula is C26H27ClFN3O4S. The van der Waals surface area contributed by atoms with Crippen molar-refractivity contribution >= 4 is 39.1 Å². The van der Waals surface area contributed by atoms with Crippen LogP contribution >= 0.6 is 11.6 Å². The second-order valence-electron chi connectivity index (χ2n) is 7.99. The van der Waals surface area contributed by atoms with Crippen LogP contribution in [0.4, 0.5) is 10.1 Å². The molecule has 0 fully saturated rings. The molecule has 36 heavy (non-hydrogen) atoms. The van der Waals surface area contributed by atoms with Crippen LogP contribution in [-0.2, 0) is 26.2 Å². The van der Waals surface area contributed by atoms with E-state index in [4.69, 9.17) is 11.6 Å². The summed E-state index contributed by atoms with van der Waals surface area (Å²) in [6.45, 7) is 1.23. The van der Waals surface area contributed by atoms with Gasteiger partial charge < -0.3 is 10.2 Å². The fourth-order valence-electron chi connectivity index (χ4n) is 3.73. The summed E-state index contributed by atoms with van der Waals surface area (Å²) in [5.41, 5.74) is 0.836. The zero-order valence-electron chi connectivity index (χ0n) is 19.9. The van der Waals surface area contributed by atoms with Crippen molar-refractivity contribution in [3.63, 3.8) is 0 Å². The third kappa shape index (κ3) is 6.41. The van der Waals surface area contributed by atoms with Crippen LogP contribution in [0.5, 0.6) is 0 Å². The van der Waals surface area contributed by atoms with Crippen molar-refractivity contribution < 1.29 is 22.4 Å². The maximum Gasteiger partial charge on any atom is 0.264 e. The Morgan fingerprint density at radius 2 is 1.58 bits per heavy atom. The summed E-state index contributed by atoms with van der Waals surface area (Å²) in [7, 11) is -2.71. The summed E-state index contributed by atoms with van der Waals surface area (Å²) < 4.78 is 41.7. The lowest BCUT2D eigenvalue weighted by Crippen LogP contribution is -2.51. The van der Waals surface area contributed by atoms with Crippen molar-refractivity contribution in [2.75, 3.05) is 17.9 Å². The molecule has 0 aliphatic carbocycles. The van der Waals surface area contributed by atoms with Gasteiger partial charge in [0.25, 0.3) is 10.0 Å². The van der Waals surface area contributed by atoms with Gasteiger partial charge in [-0.1, -0.05) is 48.9 Å². The number of hydrogen-bond acceptors (Lipinski definition) is 4. The van der Waals surface area contributed by atoms with E-state index in [9.17, 15) is 22.4 Å². The van der Waals surface area contributed by atoms with Crippen molar-refractivity contribution in [3.05, 3.63) is 95.3 Å². The largest absolute Gasteiger partial charge is 0.357 e. The van der Waals surface area contributed by atoms with Crippen LogP contribution in [0, 0.1) is 5.82 Å². The van der Waals surface area contributed by atoms with E-state index in [2.05, 4.69) is 5.32 Å². The maximum atomic E-state index is 13.7. The van der Waals surface area contributed by atoms with Crippen molar-refractivity contribution in [1.29, 1.82) is 0 Å². The first-order valence-electron chi connectivity index (χ1n) is 11.3. The Morgan fingerprint density at radius 3 is 2.14 bits per heavy atom. The highest BCUT2D eigenvalue weighted by molar-refractivity contribution is 7.92. The van der Waals surface area contributed by atoms with Gasteiger partial charge in [-0.3, -0.25) is 13.9 Å². The SMILES string of the molecule is CC[C@H](C(=O)NC)N(Cc1ccc(Cl)cc1)C(=O)CN(c1ccc(F)cc1)S(=O)(=O)c1ccccc1. The molecule has 1 atom stereocenters. The van der Waals surface area contributed by atoms with Crippen molar-refractivity contribution in [2.45, 2.75) is 30.8 Å². The highest BCUT2D eigenvalue weighted by Gasteiger charge is 2.33. The number of carbonyl (C=O) groups is 2. The zero-order chi connectivity index (χ0) is 26.3. The Kier molecular flexibility index (Phi) is 9.06. The summed E-state index contributed by atoms with van der Waals surface area (Å²) in [5.74, 6) is -1.51. The van der Waals surface area contributed by atoms with E-state index in [0.717, 1.165) is 16.4 Å². The Hall–Kier alpha value is -3.43. The first-order chi connectivity index (χ1) is 17.2. The third-order valence-corrected chi connectivity index (χ3v) is 7.66. The van der Waals surface area contributed by atoms with Crippen LogP contribution < -0.4 is 9.62 Å². The number of amides is 2. The Balaban J connectivity index is 2.03. The molecule has 3 rings (SSSR count). The Labute approximate surface area is 215 Å². The van der Waals surface area contributed by atoms with E-state index in [1.165, 1.54) is 36.2 Å². The molecule has 3 aromatic rings. The predicted molar refractivity (Wildman–Crippen MR) is 138 cm³/mol. The predicted octanol–water partition coefficient (Wildman–Crippen LogP) is 4.23. The van der Waals surface area contributed by atoms with Gasteiger partial charge in [0.2, 0.25) is 11.8 Å². The summed E-state index contributed by atoms with van der Waals surface area (Å²) in [5, 5.41) is 3.09. The van der Waals surface area contributed by atoms with Crippen LogP contribution in [0.15, 0.2) is 83.8 Å². The van der Waals surface area contributed by atoms with Gasteiger partial charge >= 0.3 is 0 Å². The number of nitrogens with zero attached hydrogens (tertiary/aromatic N) is 2. The molecule has 190 valence electrons. The molecule has 0 radical (unpaired) electrons. The molecule has 3 aromatic carbocycles. The molecule has 0 spiro atoms. The van der Waals surface area contributed by atoms with Gasteiger partial charge in [-0.25, -0.2) is 12.8 Å². The fourth-order valence-corrected chi connectivity index (χ4v) is 5.29. The minimum Gasteiger partial charge on any atom is -0.357 e. The molecular weight excluding hydrogens is 505 g/mol. The molecule has 0 saturated heterocycles. The minimum atomic E-state index is -4.19. The molecule has 0 bridgehead atoms. The normalized spacial score (nSPS) is 12.0. The topological polar surface area (TPSA) is 86.8 Å². The lowest BCUT2D eigenvalue weighted by Gasteiger charge is -2.33. The summed E-state index contributed by atoms with van der Waals surface area (Å²) >= 11 is 5.98. The summed E-state index contributed by atoms with van der Waals surface area (Å²) in [4.78, 5) is 27.7. The van der Waals surface area contributed by atoms with Crippen molar-refractivity contribution in [3.8, 4) is 0 Å². The molecule has 0 aromatic heterocycles. The van der Waals surface area contributed by atoms with Gasteiger partial charge in [-0.2, -0.15) is 0 Å². The minimum absolute atomic E-state index is 0.0234. The van der Waals surface area contributed by atoms with E-state index < -0.39 is 34.3 Å². The number of nitrogens with one attached hydrogen (secondary N) is 1. The van der Waals surface area contributed by atoms with E-state index in [-0.39, 0.29) is 23.0 Å². The second-order valence-corrected chi connectivity index (χ2v) is 10.3. The highest BCUT2D eigenvalue weighted by atomic mass is 35.5. The molecule has 2 amide bonds. The van der Waals surface area contributed by atoms with Gasteiger partial charge in [0.15, 0.2) is 0 Å². The van der Waals surface area contributed by atoms with Gasteiger partial charge in [0, 0.05) is 18.6 Å². The number of halogens is 2. The number of anilines is 1. The molecule has 0 heterocycles. The van der Waals surface area contributed by atoms with E-state index >= 15 is 0 Å². The lowest BCUT2D eigenvalue weighted by molar-refractivity contribution is -0.140. The number of sulfonamides is 1. The third-order valence-electron chi connectivity index (χ3n) is 5.62. The van der Waals surface area contributed by atoms with Crippen LogP contribution in [-0.4, -0.2) is 44.8 Å². The first-order valence-corrected chi connectivity index (χ1v) is 13.1. The maximum absolute atomic E-state index is 13.7. The number of carbonyl (C=O) groups excluding carboxylic acids is 2. The monoisotopic (exact) mass is 531 g/mol. The summed E-state index contributed by atoms with van der Waals surface area (Å²) in [6.07, 6.45) is 0.307. The molecule has 0 unspecified atom stereocenters. The average molecular weight is 532 g/mol. The Bertz CT molecular complexity index is 1290. The van der Waals surface area contributed by atoms with E-state index in [1.54, 1.807) is 49.4 Å². The van der Waals surface area contributed by atoms with Crippen molar-refractivity contribution in [2.24, 2.45) is 0 Å². The van der Waals surface area contributed by atoms with Crippen LogP contribution in [0.3, 0.4) is 0 Å². The highest BCUT2D eigenvalue weighted by Crippen LogP contribution is 2.25. The van der Waals surface area contributed by atoms with Gasteiger partial charge in [-0.05, 0) is 60.5 Å². The van der Waals surface area contributed by atoms with E-state index in [1.807, 2.05) is 0 Å². The number of rotatable bonds is 10. The standard InChI is InChI=1S/C26H27ClFN3O4S/c1-3-24(26(33)29-2)30(17-19-9-11-20(27)12-10-19)25(32)18-31(22-15-13-21(28)14-16-22)36(34,35)23-7-5-4-6-8-23/h4-16,24H,3,17-18H2,1-2H3,(H,29,33)/t24-/m1/s1. The zero-order valence-corrected chi connectivity index (χ0v) is 21.5. The van der Waals surface area contributed by atoms with Crippen molar-refractivity contribution in [1.82, 2.24) is 10.2 Å². The number of benzene rings is 3. The molecule has 10 heteroatoms. The lowest BCUT2D eigenvalue weighted by atomic mass is 10.1. The van der Waals surface area contributed by atoms with Crippen LogP contribution in [0.2, 0.25) is 5.02 Å². The van der Waals surface area contributed by atoms with Gasteiger partial charge in [0.05, 0.1) is 10.6 Å². The van der Waals surface area contributed by atoms with Crippen LogP contribution in [0.25, 0.3) is 0 Å². The van der Waals surface area contributed by atoms with Gasteiger partial charge in [0.1, 0.15) is 18.4 Å². The summed E-state index contributed by atoms with van der Waals surface area (Å²) in [6, 6.07) is 18.5. The van der Waals surface area contributed by atoms with Crippen LogP contribution in [0.1, 0.15) is 18.9 Å². The smallest absolute Gasteiger partial charge is 0.264 e. The molecule has 0 aliphatic rings. The number of likely N-dealkylation sites (N-methyl/N-ethyl adjacent to an activating group) is 1. The molecule has 7 nitrogen and oxygen atoms in total. The Morgan fingerprint density at radius 1 is 0.972 bits per heavy atom. The van der Waals surface area contributed by atoms with E-state index in [0.29, 0.717) is 17.0 Å². The average Bonchev–Trinajstić information content (AvgIpc) is 2.89. The molecule has 0 aliphatic heterocycles. The quantitative estimate of drug-likeness (QED) is 0.424. The molecule has 0 saturated carbocycles. The number of hydrogen-bond donors (Lipinski definition) is 1. The molecule has 1 N–H and O–H groups in total. The fraction of sp³-hybridized carbons (Fsp3) is 0.231. The van der Waals surface area contributed by atoms with Gasteiger partial charge in [-0.15, -0.1) is 0 Å². The first kappa shape index (κ1) is 27.2.